The third-order valence-corrected chi connectivity index (χ3v) is 4.20. The highest BCUT2D eigenvalue weighted by Crippen LogP contribution is 2.18. The molecule has 0 saturated heterocycles. The van der Waals surface area contributed by atoms with Crippen molar-refractivity contribution in [1.82, 2.24) is 14.1 Å². The molecule has 24 heavy (non-hydrogen) atoms. The van der Waals surface area contributed by atoms with Gasteiger partial charge in [-0.3, -0.25) is 0 Å². The predicted octanol–water partition coefficient (Wildman–Crippen LogP) is 0.998. The molecule has 0 aliphatic carbocycles. The molecule has 7 nitrogen and oxygen atoms in total. The summed E-state index contributed by atoms with van der Waals surface area (Å²) in [5.74, 6) is 0.424. The summed E-state index contributed by atoms with van der Waals surface area (Å²) in [5, 5.41) is 9.54. The molecule has 3 aromatic rings. The van der Waals surface area contributed by atoms with Crippen molar-refractivity contribution in [3.05, 3.63) is 52.6 Å². The molecule has 126 valence electrons. The van der Waals surface area contributed by atoms with E-state index in [1.54, 1.807) is 0 Å². The molecule has 2 aromatic heterocycles. The normalized spacial score (nSPS) is 11.6. The van der Waals surface area contributed by atoms with Crippen molar-refractivity contribution in [2.24, 2.45) is 19.1 Å². The van der Waals surface area contributed by atoms with E-state index in [2.05, 4.69) is 14.5 Å². The minimum absolute atomic E-state index is 0. The van der Waals surface area contributed by atoms with E-state index in [9.17, 15) is 0 Å². The van der Waals surface area contributed by atoms with Gasteiger partial charge >= 0.3 is 0 Å². The highest BCUT2D eigenvalue weighted by molar-refractivity contribution is 5.82. The Morgan fingerprint density at radius 3 is 2.38 bits per heavy atom. The Kier molecular flexibility index (Phi) is 4.57. The van der Waals surface area contributed by atoms with Crippen molar-refractivity contribution in [2.45, 2.75) is 13.8 Å². The summed E-state index contributed by atoms with van der Waals surface area (Å²) >= 11 is 0. The summed E-state index contributed by atoms with van der Waals surface area (Å²) in [6, 6.07) is 9.57. The van der Waals surface area contributed by atoms with Crippen LogP contribution in [0.5, 0.6) is 0 Å². The van der Waals surface area contributed by atoms with E-state index in [1.807, 2.05) is 62.8 Å². The fraction of sp³-hybridized carbons (Fsp3) is 0.235. The predicted molar refractivity (Wildman–Crippen MR) is 94.7 cm³/mol. The van der Waals surface area contributed by atoms with E-state index in [4.69, 9.17) is 11.1 Å². The molecule has 0 amide bonds. The first-order valence-electron chi connectivity index (χ1n) is 7.36. The maximum Gasteiger partial charge on any atom is 0.202 e. The first-order valence-corrected chi connectivity index (χ1v) is 7.36. The summed E-state index contributed by atoms with van der Waals surface area (Å²) < 4.78 is 3.88. The molecule has 7 heteroatoms. The molecule has 2 heterocycles. The van der Waals surface area contributed by atoms with Crippen LogP contribution in [0.15, 0.2) is 35.3 Å². The second kappa shape index (κ2) is 6.29. The van der Waals surface area contributed by atoms with Gasteiger partial charge in [0, 0.05) is 36.9 Å². The Balaban J connectivity index is 0.00000208. The number of benzene rings is 1. The Morgan fingerprint density at radius 1 is 1.04 bits per heavy atom. The maximum absolute atomic E-state index is 8.18. The number of anilines is 1. The Bertz CT molecular complexity index is 1020. The second-order valence-corrected chi connectivity index (χ2v) is 5.74. The number of nitrogens with two attached hydrogens (primary N) is 1. The third-order valence-electron chi connectivity index (χ3n) is 4.20. The zero-order chi connectivity index (χ0) is 16.7. The van der Waals surface area contributed by atoms with Crippen molar-refractivity contribution in [3.8, 4) is 0 Å². The average molecular weight is 326 g/mol. The van der Waals surface area contributed by atoms with E-state index in [1.165, 1.54) is 0 Å². The molecule has 0 saturated carbocycles. The zero-order valence-electron chi connectivity index (χ0n) is 14.3. The summed E-state index contributed by atoms with van der Waals surface area (Å²) in [5.41, 5.74) is 10.3. The lowest BCUT2D eigenvalue weighted by Gasteiger charge is -2.10. The first kappa shape index (κ1) is 17.4. The van der Waals surface area contributed by atoms with Gasteiger partial charge < -0.3 is 25.8 Å². The Labute approximate surface area is 139 Å². The average Bonchev–Trinajstić information content (AvgIpc) is 2.50. The topological polar surface area (TPSA) is 116 Å². The number of nitrogens with zero attached hydrogens (tertiary/aromatic N) is 4. The largest absolute Gasteiger partial charge is 0.412 e. The van der Waals surface area contributed by atoms with Crippen LogP contribution in [0.1, 0.15) is 11.4 Å². The standard InChI is InChI=1S/C17H20N6.H2O/c1-10-7-14(18)13-9-12(5-6-15(13)22(10)3)20-16-8-11(2)23(4)17(19)21-16;/h5-9,18H,1-4H3,(H2,19,20,21);1H2. The number of aromatic nitrogens is 3. The van der Waals surface area contributed by atoms with Crippen molar-refractivity contribution in [2.75, 3.05) is 5.73 Å². The van der Waals surface area contributed by atoms with Gasteiger partial charge in [-0.1, -0.05) is 0 Å². The lowest BCUT2D eigenvalue weighted by molar-refractivity contribution is 0.824. The molecule has 0 atom stereocenters. The van der Waals surface area contributed by atoms with Crippen LogP contribution in [0.4, 0.5) is 11.6 Å². The SMILES string of the molecule is Cc1cc(=Nc2ccc3c(c2)c(=N)cc(C)n3C)nc(N)n1C.O. The zero-order valence-corrected chi connectivity index (χ0v) is 14.3. The van der Waals surface area contributed by atoms with Crippen molar-refractivity contribution in [1.29, 1.82) is 5.41 Å². The number of rotatable bonds is 1. The minimum Gasteiger partial charge on any atom is -0.412 e. The minimum atomic E-state index is 0. The van der Waals surface area contributed by atoms with Crippen LogP contribution >= 0.6 is 0 Å². The second-order valence-electron chi connectivity index (χ2n) is 5.74. The number of nitrogen functional groups attached to an aromatic ring is 1. The van der Waals surface area contributed by atoms with Crippen molar-refractivity contribution < 1.29 is 5.48 Å². The summed E-state index contributed by atoms with van der Waals surface area (Å²) in [6.45, 7) is 3.96. The summed E-state index contributed by atoms with van der Waals surface area (Å²) in [7, 11) is 3.86. The van der Waals surface area contributed by atoms with Gasteiger partial charge in [-0.05, 0) is 38.1 Å². The molecule has 1 aromatic carbocycles. The molecule has 0 bridgehead atoms. The van der Waals surface area contributed by atoms with E-state index < -0.39 is 0 Å². The molecule has 3 rings (SSSR count). The molecular formula is C17H22N6O. The third kappa shape index (κ3) is 2.93. The maximum atomic E-state index is 8.18. The number of aryl methyl sites for hydroxylation is 3. The van der Waals surface area contributed by atoms with Gasteiger partial charge in [-0.15, -0.1) is 0 Å². The fourth-order valence-electron chi connectivity index (χ4n) is 2.55. The van der Waals surface area contributed by atoms with Gasteiger partial charge in [0.2, 0.25) is 5.95 Å². The number of pyridine rings is 1. The highest BCUT2D eigenvalue weighted by Gasteiger charge is 2.03. The van der Waals surface area contributed by atoms with Gasteiger partial charge in [-0.2, -0.15) is 4.98 Å². The van der Waals surface area contributed by atoms with Gasteiger partial charge in [0.05, 0.1) is 16.6 Å². The summed E-state index contributed by atoms with van der Waals surface area (Å²) in [6.07, 6.45) is 0. The number of hydrogen-bond donors (Lipinski definition) is 2. The number of hydrogen-bond acceptors (Lipinski definition) is 4. The molecule has 0 radical (unpaired) electrons. The van der Waals surface area contributed by atoms with E-state index >= 15 is 0 Å². The van der Waals surface area contributed by atoms with Crippen LogP contribution in [0.2, 0.25) is 0 Å². The lowest BCUT2D eigenvalue weighted by Crippen LogP contribution is -2.17. The molecule has 0 fully saturated rings. The van der Waals surface area contributed by atoms with Crippen LogP contribution in [0, 0.1) is 19.3 Å². The lowest BCUT2D eigenvalue weighted by atomic mass is 10.1. The van der Waals surface area contributed by atoms with Gasteiger partial charge in [0.1, 0.15) is 0 Å². The molecule has 0 unspecified atom stereocenters. The monoisotopic (exact) mass is 326 g/mol. The van der Waals surface area contributed by atoms with Gasteiger partial charge in [0.15, 0.2) is 5.49 Å². The van der Waals surface area contributed by atoms with Crippen LogP contribution < -0.4 is 16.6 Å². The van der Waals surface area contributed by atoms with Crippen molar-refractivity contribution in [3.63, 3.8) is 0 Å². The van der Waals surface area contributed by atoms with Crippen molar-refractivity contribution >= 4 is 22.5 Å². The summed E-state index contributed by atoms with van der Waals surface area (Å²) in [4.78, 5) is 8.84. The first-order chi connectivity index (χ1) is 10.9. The van der Waals surface area contributed by atoms with Crippen LogP contribution in [0.25, 0.3) is 10.9 Å². The Morgan fingerprint density at radius 2 is 1.71 bits per heavy atom. The highest BCUT2D eigenvalue weighted by atomic mass is 16.0. The smallest absolute Gasteiger partial charge is 0.202 e. The van der Waals surface area contributed by atoms with E-state index in [0.29, 0.717) is 16.8 Å². The van der Waals surface area contributed by atoms with Crippen LogP contribution in [-0.4, -0.2) is 19.6 Å². The fourth-order valence-corrected chi connectivity index (χ4v) is 2.55. The molecular weight excluding hydrogens is 304 g/mol. The number of nitrogens with one attached hydrogen (secondary N) is 1. The van der Waals surface area contributed by atoms with Crippen LogP contribution in [0.3, 0.4) is 0 Å². The quantitative estimate of drug-likeness (QED) is 0.694. The van der Waals surface area contributed by atoms with Gasteiger partial charge in [-0.25, -0.2) is 4.99 Å². The number of fused-ring (bicyclic) bond motifs is 1. The van der Waals surface area contributed by atoms with Crippen LogP contribution in [-0.2, 0) is 14.1 Å². The van der Waals surface area contributed by atoms with E-state index in [0.717, 1.165) is 28.0 Å². The molecule has 0 spiro atoms. The molecule has 0 aliphatic heterocycles. The van der Waals surface area contributed by atoms with Gasteiger partial charge in [0.25, 0.3) is 0 Å². The molecule has 5 N–H and O–H groups in total. The van der Waals surface area contributed by atoms with E-state index in [-0.39, 0.29) is 5.48 Å². The Hall–Kier alpha value is -2.93. The molecule has 0 aliphatic rings.